The lowest BCUT2D eigenvalue weighted by Crippen LogP contribution is -2.40. The number of furan rings is 1. The highest BCUT2D eigenvalue weighted by Crippen LogP contribution is 2.32. The molecule has 0 radical (unpaired) electrons. The van der Waals surface area contributed by atoms with E-state index in [9.17, 15) is 14.7 Å². The van der Waals surface area contributed by atoms with E-state index in [-0.39, 0.29) is 11.7 Å². The Morgan fingerprint density at radius 2 is 2.19 bits per heavy atom. The van der Waals surface area contributed by atoms with Gasteiger partial charge in [-0.2, -0.15) is 0 Å². The van der Waals surface area contributed by atoms with Crippen LogP contribution in [0, 0.1) is 6.92 Å². The molecule has 0 saturated carbocycles. The molecule has 5 nitrogen and oxygen atoms in total. The standard InChI is InChI=1S/C15H14ClNO4/c1-8-9-4-2-5-10(16)13(9)21-12(8)14(18)17-7-3-6-11(17)15(19)20/h2,4-5,11H,3,6-7H2,1H3,(H,19,20). The van der Waals surface area contributed by atoms with Crippen LogP contribution >= 0.6 is 11.6 Å². The normalized spacial score (nSPS) is 18.4. The summed E-state index contributed by atoms with van der Waals surface area (Å²) in [5, 5.41) is 10.4. The largest absolute Gasteiger partial charge is 0.480 e. The third-order valence-corrected chi connectivity index (χ3v) is 4.21. The predicted molar refractivity (Wildman–Crippen MR) is 77.7 cm³/mol. The Morgan fingerprint density at radius 1 is 1.43 bits per heavy atom. The van der Waals surface area contributed by atoms with Crippen molar-refractivity contribution in [1.29, 1.82) is 0 Å². The number of fused-ring (bicyclic) bond motifs is 1. The molecular weight excluding hydrogens is 294 g/mol. The Bertz CT molecular complexity index is 737. The minimum absolute atomic E-state index is 0.172. The second-order valence-electron chi connectivity index (χ2n) is 5.17. The number of hydrogen-bond acceptors (Lipinski definition) is 3. The average Bonchev–Trinajstić information content (AvgIpc) is 3.05. The Kier molecular flexibility index (Phi) is 3.37. The van der Waals surface area contributed by atoms with Gasteiger partial charge in [0.25, 0.3) is 5.91 Å². The summed E-state index contributed by atoms with van der Waals surface area (Å²) in [4.78, 5) is 25.2. The Hall–Kier alpha value is -2.01. The van der Waals surface area contributed by atoms with Crippen LogP contribution in [0.3, 0.4) is 0 Å². The summed E-state index contributed by atoms with van der Waals surface area (Å²) in [7, 11) is 0. The number of benzene rings is 1. The Labute approximate surface area is 126 Å². The van der Waals surface area contributed by atoms with E-state index in [4.69, 9.17) is 16.0 Å². The molecule has 0 spiro atoms. The lowest BCUT2D eigenvalue weighted by atomic mass is 10.1. The van der Waals surface area contributed by atoms with Crippen LogP contribution in [0.15, 0.2) is 22.6 Å². The second-order valence-corrected chi connectivity index (χ2v) is 5.57. The van der Waals surface area contributed by atoms with E-state index in [2.05, 4.69) is 0 Å². The van der Waals surface area contributed by atoms with Crippen molar-refractivity contribution < 1.29 is 19.1 Å². The molecule has 2 aromatic rings. The zero-order chi connectivity index (χ0) is 15.1. The zero-order valence-electron chi connectivity index (χ0n) is 11.4. The second kappa shape index (κ2) is 5.07. The third-order valence-electron chi connectivity index (χ3n) is 3.91. The summed E-state index contributed by atoms with van der Waals surface area (Å²) >= 11 is 6.07. The maximum Gasteiger partial charge on any atom is 0.326 e. The number of carboxylic acids is 1. The lowest BCUT2D eigenvalue weighted by molar-refractivity contribution is -0.141. The Morgan fingerprint density at radius 3 is 2.86 bits per heavy atom. The van der Waals surface area contributed by atoms with Crippen molar-refractivity contribution in [3.8, 4) is 0 Å². The van der Waals surface area contributed by atoms with Gasteiger partial charge in [-0.05, 0) is 25.8 Å². The van der Waals surface area contributed by atoms with Crippen LogP contribution in [0.25, 0.3) is 11.0 Å². The molecule has 1 atom stereocenters. The van der Waals surface area contributed by atoms with Gasteiger partial charge < -0.3 is 14.4 Å². The molecule has 1 aliphatic heterocycles. The number of rotatable bonds is 2. The van der Waals surface area contributed by atoms with Gasteiger partial charge in [0.2, 0.25) is 0 Å². The van der Waals surface area contributed by atoms with Crippen LogP contribution in [-0.2, 0) is 4.79 Å². The summed E-state index contributed by atoms with van der Waals surface area (Å²) in [6.45, 7) is 2.21. The van der Waals surface area contributed by atoms with Crippen LogP contribution in [0.1, 0.15) is 29.0 Å². The number of aryl methyl sites for hydroxylation is 1. The first-order chi connectivity index (χ1) is 10.0. The van der Waals surface area contributed by atoms with Gasteiger partial charge in [0.05, 0.1) is 5.02 Å². The van der Waals surface area contributed by atoms with Crippen molar-refractivity contribution in [3.63, 3.8) is 0 Å². The number of halogens is 1. The van der Waals surface area contributed by atoms with E-state index in [0.29, 0.717) is 35.6 Å². The topological polar surface area (TPSA) is 70.8 Å². The number of para-hydroxylation sites is 1. The number of carbonyl (C=O) groups is 2. The van der Waals surface area contributed by atoms with Crippen LogP contribution in [0.4, 0.5) is 0 Å². The highest BCUT2D eigenvalue weighted by molar-refractivity contribution is 6.35. The van der Waals surface area contributed by atoms with E-state index in [1.807, 2.05) is 6.07 Å². The van der Waals surface area contributed by atoms with Gasteiger partial charge in [0.15, 0.2) is 11.3 Å². The summed E-state index contributed by atoms with van der Waals surface area (Å²) in [5.74, 6) is -1.19. The van der Waals surface area contributed by atoms with E-state index in [1.165, 1.54) is 4.90 Å². The lowest BCUT2D eigenvalue weighted by Gasteiger charge is -2.20. The van der Waals surface area contributed by atoms with Gasteiger partial charge in [-0.3, -0.25) is 4.79 Å². The molecule has 1 aromatic heterocycles. The van der Waals surface area contributed by atoms with Gasteiger partial charge >= 0.3 is 5.97 Å². The molecule has 0 bridgehead atoms. The number of aliphatic carboxylic acids is 1. The predicted octanol–water partition coefficient (Wildman–Crippen LogP) is 3.08. The summed E-state index contributed by atoms with van der Waals surface area (Å²) in [5.41, 5.74) is 1.15. The van der Waals surface area contributed by atoms with Gasteiger partial charge in [0, 0.05) is 17.5 Å². The van der Waals surface area contributed by atoms with Crippen LogP contribution in [0.2, 0.25) is 5.02 Å². The molecule has 1 aliphatic rings. The molecule has 21 heavy (non-hydrogen) atoms. The molecular formula is C15H14ClNO4. The monoisotopic (exact) mass is 307 g/mol. The molecule has 1 fully saturated rings. The maximum absolute atomic E-state index is 12.6. The van der Waals surface area contributed by atoms with Crippen molar-refractivity contribution in [2.75, 3.05) is 6.54 Å². The van der Waals surface area contributed by atoms with Gasteiger partial charge in [-0.25, -0.2) is 4.79 Å². The summed E-state index contributed by atoms with van der Waals surface area (Å²) in [6, 6.07) is 4.53. The minimum atomic E-state index is -0.979. The average molecular weight is 308 g/mol. The van der Waals surface area contributed by atoms with E-state index in [1.54, 1.807) is 19.1 Å². The first kappa shape index (κ1) is 13.9. The molecule has 2 heterocycles. The fraction of sp³-hybridized carbons (Fsp3) is 0.333. The third kappa shape index (κ3) is 2.17. The maximum atomic E-state index is 12.6. The molecule has 110 valence electrons. The molecule has 1 unspecified atom stereocenters. The highest BCUT2D eigenvalue weighted by Gasteiger charge is 2.36. The highest BCUT2D eigenvalue weighted by atomic mass is 35.5. The van der Waals surface area contributed by atoms with Gasteiger partial charge in [0.1, 0.15) is 6.04 Å². The SMILES string of the molecule is Cc1c(C(=O)N2CCCC2C(=O)O)oc2c(Cl)cccc12. The molecule has 1 aromatic carbocycles. The van der Waals surface area contributed by atoms with Crippen LogP contribution < -0.4 is 0 Å². The number of nitrogens with zero attached hydrogens (tertiary/aromatic N) is 1. The van der Waals surface area contributed by atoms with Crippen molar-refractivity contribution in [2.45, 2.75) is 25.8 Å². The molecule has 1 amide bonds. The summed E-state index contributed by atoms with van der Waals surface area (Å²) in [6.07, 6.45) is 1.16. The van der Waals surface area contributed by atoms with Gasteiger partial charge in [-0.1, -0.05) is 23.7 Å². The first-order valence-electron chi connectivity index (χ1n) is 6.72. The quantitative estimate of drug-likeness (QED) is 0.925. The number of amides is 1. The van der Waals surface area contributed by atoms with Crippen LogP contribution in [-0.4, -0.2) is 34.5 Å². The molecule has 1 saturated heterocycles. The molecule has 0 aliphatic carbocycles. The van der Waals surface area contributed by atoms with E-state index in [0.717, 1.165) is 5.39 Å². The molecule has 3 rings (SSSR count). The number of carbonyl (C=O) groups excluding carboxylic acids is 1. The minimum Gasteiger partial charge on any atom is -0.480 e. The van der Waals surface area contributed by atoms with Crippen molar-refractivity contribution >= 4 is 34.4 Å². The fourth-order valence-electron chi connectivity index (χ4n) is 2.81. The number of likely N-dealkylation sites (tertiary alicyclic amines) is 1. The number of carboxylic acid groups (broad SMARTS) is 1. The fourth-order valence-corrected chi connectivity index (χ4v) is 3.02. The molecule has 1 N–H and O–H groups in total. The van der Waals surface area contributed by atoms with Gasteiger partial charge in [-0.15, -0.1) is 0 Å². The Balaban J connectivity index is 2.04. The first-order valence-corrected chi connectivity index (χ1v) is 7.10. The van der Waals surface area contributed by atoms with Crippen LogP contribution in [0.5, 0.6) is 0 Å². The molecule has 6 heteroatoms. The summed E-state index contributed by atoms with van der Waals surface area (Å²) < 4.78 is 5.62. The van der Waals surface area contributed by atoms with Crippen molar-refractivity contribution in [3.05, 3.63) is 34.5 Å². The van der Waals surface area contributed by atoms with Crippen molar-refractivity contribution in [1.82, 2.24) is 4.90 Å². The smallest absolute Gasteiger partial charge is 0.326 e. The van der Waals surface area contributed by atoms with E-state index < -0.39 is 12.0 Å². The zero-order valence-corrected chi connectivity index (χ0v) is 12.2. The number of hydrogen-bond donors (Lipinski definition) is 1. The van der Waals surface area contributed by atoms with Crippen molar-refractivity contribution in [2.24, 2.45) is 0 Å². The van der Waals surface area contributed by atoms with E-state index >= 15 is 0 Å².